The van der Waals surface area contributed by atoms with E-state index in [2.05, 4.69) is 81.4 Å². The van der Waals surface area contributed by atoms with Gasteiger partial charge < -0.3 is 8.83 Å². The monoisotopic (exact) mass is 442 g/mol. The zero-order chi connectivity index (χ0) is 23.3. The second-order valence-corrected chi connectivity index (χ2v) is 9.86. The molecule has 4 aromatic carbocycles. The lowest BCUT2D eigenvalue weighted by Crippen LogP contribution is -2.10. The van der Waals surface area contributed by atoms with E-state index in [0.717, 1.165) is 55.7 Å². The standard InChI is InChI=1S/C32H26O2/c1-32(2,3)24-16-13-21(14-17-24)26-20-30(22-9-5-4-6-10-22)34-31(26)23-15-18-29-27(19-23)25-11-7-8-12-28(25)33-29/h4-20H,1-3H3. The first-order valence-corrected chi connectivity index (χ1v) is 11.7. The summed E-state index contributed by atoms with van der Waals surface area (Å²) in [5, 5.41) is 2.21. The summed E-state index contributed by atoms with van der Waals surface area (Å²) in [6.45, 7) is 6.72. The number of fused-ring (bicyclic) bond motifs is 3. The van der Waals surface area contributed by atoms with Crippen LogP contribution in [-0.2, 0) is 5.41 Å². The number of hydrogen-bond acceptors (Lipinski definition) is 2. The van der Waals surface area contributed by atoms with Gasteiger partial charge in [-0.1, -0.05) is 93.6 Å². The van der Waals surface area contributed by atoms with E-state index in [1.807, 2.05) is 42.5 Å². The lowest BCUT2D eigenvalue weighted by atomic mass is 9.86. The molecule has 0 aliphatic heterocycles. The van der Waals surface area contributed by atoms with Crippen LogP contribution in [0.5, 0.6) is 0 Å². The Morgan fingerprint density at radius 3 is 1.97 bits per heavy atom. The Morgan fingerprint density at radius 2 is 1.21 bits per heavy atom. The molecule has 0 N–H and O–H groups in total. The van der Waals surface area contributed by atoms with E-state index < -0.39 is 0 Å². The zero-order valence-corrected chi connectivity index (χ0v) is 19.6. The third-order valence-electron chi connectivity index (χ3n) is 6.49. The van der Waals surface area contributed by atoms with Gasteiger partial charge in [0.1, 0.15) is 22.7 Å². The zero-order valence-electron chi connectivity index (χ0n) is 19.6. The molecule has 0 aliphatic carbocycles. The molecule has 0 saturated carbocycles. The average Bonchev–Trinajstić information content (AvgIpc) is 3.46. The van der Waals surface area contributed by atoms with Crippen LogP contribution in [0, 0.1) is 0 Å². The molecule has 0 atom stereocenters. The fraction of sp³-hybridized carbons (Fsp3) is 0.125. The van der Waals surface area contributed by atoms with Gasteiger partial charge in [-0.2, -0.15) is 0 Å². The van der Waals surface area contributed by atoms with Crippen molar-refractivity contribution < 1.29 is 8.83 Å². The largest absolute Gasteiger partial charge is 0.456 e. The second kappa shape index (κ2) is 7.78. The van der Waals surface area contributed by atoms with Gasteiger partial charge in [0.15, 0.2) is 0 Å². The van der Waals surface area contributed by atoms with Crippen LogP contribution in [0.25, 0.3) is 55.7 Å². The van der Waals surface area contributed by atoms with E-state index in [1.54, 1.807) is 0 Å². The van der Waals surface area contributed by atoms with Crippen molar-refractivity contribution in [3.63, 3.8) is 0 Å². The van der Waals surface area contributed by atoms with Crippen LogP contribution in [0.1, 0.15) is 26.3 Å². The van der Waals surface area contributed by atoms with E-state index in [-0.39, 0.29) is 5.41 Å². The smallest absolute Gasteiger partial charge is 0.142 e. The first-order valence-electron chi connectivity index (χ1n) is 11.7. The Hall–Kier alpha value is -4.04. The third kappa shape index (κ3) is 3.52. The lowest BCUT2D eigenvalue weighted by Gasteiger charge is -2.19. The van der Waals surface area contributed by atoms with Crippen LogP contribution < -0.4 is 0 Å². The van der Waals surface area contributed by atoms with Gasteiger partial charge in [-0.25, -0.2) is 0 Å². The van der Waals surface area contributed by atoms with Gasteiger partial charge in [0.05, 0.1) is 0 Å². The summed E-state index contributed by atoms with van der Waals surface area (Å²) >= 11 is 0. The van der Waals surface area contributed by atoms with E-state index in [1.165, 1.54) is 5.56 Å². The van der Waals surface area contributed by atoms with Crippen molar-refractivity contribution in [2.45, 2.75) is 26.2 Å². The summed E-state index contributed by atoms with van der Waals surface area (Å²) in [6.07, 6.45) is 0. The Labute approximate surface area is 199 Å². The number of rotatable bonds is 3. The first kappa shape index (κ1) is 20.6. The van der Waals surface area contributed by atoms with Crippen LogP contribution in [0.15, 0.2) is 112 Å². The van der Waals surface area contributed by atoms with Crippen molar-refractivity contribution in [2.24, 2.45) is 0 Å². The minimum Gasteiger partial charge on any atom is -0.456 e. The van der Waals surface area contributed by atoms with Crippen LogP contribution in [0.2, 0.25) is 0 Å². The maximum atomic E-state index is 6.55. The first-order chi connectivity index (χ1) is 16.5. The minimum atomic E-state index is 0.111. The molecule has 0 bridgehead atoms. The van der Waals surface area contributed by atoms with Gasteiger partial charge in [0.2, 0.25) is 0 Å². The molecule has 0 fully saturated rings. The second-order valence-electron chi connectivity index (χ2n) is 9.86. The minimum absolute atomic E-state index is 0.111. The van der Waals surface area contributed by atoms with Crippen LogP contribution in [0.3, 0.4) is 0 Å². The van der Waals surface area contributed by atoms with Gasteiger partial charge in [-0.3, -0.25) is 0 Å². The van der Waals surface area contributed by atoms with Crippen LogP contribution in [0.4, 0.5) is 0 Å². The highest BCUT2D eigenvalue weighted by molar-refractivity contribution is 6.06. The van der Waals surface area contributed by atoms with Crippen molar-refractivity contribution in [1.82, 2.24) is 0 Å². The Morgan fingerprint density at radius 1 is 0.529 bits per heavy atom. The number of para-hydroxylation sites is 1. The maximum absolute atomic E-state index is 6.55. The molecular weight excluding hydrogens is 416 g/mol. The molecule has 0 radical (unpaired) electrons. The summed E-state index contributed by atoms with van der Waals surface area (Å²) in [5.41, 5.74) is 7.55. The van der Waals surface area contributed by atoms with E-state index >= 15 is 0 Å². The summed E-state index contributed by atoms with van der Waals surface area (Å²) in [4.78, 5) is 0. The predicted octanol–water partition coefficient (Wildman–Crippen LogP) is 9.48. The van der Waals surface area contributed by atoms with Gasteiger partial charge in [0.25, 0.3) is 0 Å². The molecule has 2 heterocycles. The normalized spacial score (nSPS) is 12.0. The quantitative estimate of drug-likeness (QED) is 0.273. The molecule has 6 rings (SSSR count). The van der Waals surface area contributed by atoms with Crippen molar-refractivity contribution in [1.29, 1.82) is 0 Å². The summed E-state index contributed by atoms with van der Waals surface area (Å²) in [7, 11) is 0. The number of furan rings is 2. The lowest BCUT2D eigenvalue weighted by molar-refractivity contribution is 0.590. The van der Waals surface area contributed by atoms with Crippen molar-refractivity contribution in [3.8, 4) is 33.8 Å². The molecule has 2 aromatic heterocycles. The molecule has 0 spiro atoms. The number of benzene rings is 4. The van der Waals surface area contributed by atoms with Crippen LogP contribution >= 0.6 is 0 Å². The summed E-state index contributed by atoms with van der Waals surface area (Å²) in [5.74, 6) is 1.73. The van der Waals surface area contributed by atoms with Gasteiger partial charge in [-0.15, -0.1) is 0 Å². The maximum Gasteiger partial charge on any atom is 0.142 e. The van der Waals surface area contributed by atoms with Gasteiger partial charge >= 0.3 is 0 Å². The van der Waals surface area contributed by atoms with Crippen molar-refractivity contribution in [3.05, 3.63) is 109 Å². The highest BCUT2D eigenvalue weighted by Crippen LogP contribution is 2.41. The number of hydrogen-bond donors (Lipinski definition) is 0. The molecule has 0 amide bonds. The molecule has 0 saturated heterocycles. The third-order valence-corrected chi connectivity index (χ3v) is 6.49. The molecule has 2 heteroatoms. The van der Waals surface area contributed by atoms with Crippen LogP contribution in [-0.4, -0.2) is 0 Å². The molecule has 0 unspecified atom stereocenters. The fourth-order valence-electron chi connectivity index (χ4n) is 4.58. The Balaban J connectivity index is 1.55. The predicted molar refractivity (Wildman–Crippen MR) is 141 cm³/mol. The summed E-state index contributed by atoms with van der Waals surface area (Å²) < 4.78 is 12.6. The SMILES string of the molecule is CC(C)(C)c1ccc(-c2cc(-c3ccccc3)oc2-c2ccc3oc4ccccc4c3c2)cc1. The van der Waals surface area contributed by atoms with Crippen molar-refractivity contribution >= 4 is 21.9 Å². The summed E-state index contributed by atoms with van der Waals surface area (Å²) in [6, 6.07) is 35.8. The Bertz CT molecular complexity index is 1610. The molecule has 0 aliphatic rings. The van der Waals surface area contributed by atoms with E-state index in [0.29, 0.717) is 0 Å². The van der Waals surface area contributed by atoms with Gasteiger partial charge in [-0.05, 0) is 46.9 Å². The molecule has 34 heavy (non-hydrogen) atoms. The highest BCUT2D eigenvalue weighted by atomic mass is 16.3. The Kier molecular flexibility index (Phi) is 4.70. The molecular formula is C32H26O2. The van der Waals surface area contributed by atoms with Gasteiger partial charge in [0, 0.05) is 27.5 Å². The van der Waals surface area contributed by atoms with E-state index in [9.17, 15) is 0 Å². The molecule has 166 valence electrons. The molecule has 2 nitrogen and oxygen atoms in total. The average molecular weight is 443 g/mol. The fourth-order valence-corrected chi connectivity index (χ4v) is 4.58. The van der Waals surface area contributed by atoms with E-state index in [4.69, 9.17) is 8.83 Å². The highest BCUT2D eigenvalue weighted by Gasteiger charge is 2.19. The molecule has 6 aromatic rings. The van der Waals surface area contributed by atoms with Crippen molar-refractivity contribution in [2.75, 3.05) is 0 Å². The topological polar surface area (TPSA) is 26.3 Å².